The molecule has 0 fully saturated rings. The van der Waals surface area contributed by atoms with Gasteiger partial charge in [0, 0.05) is 10.6 Å². The summed E-state index contributed by atoms with van der Waals surface area (Å²) in [5.74, 6) is -0.526. The van der Waals surface area contributed by atoms with E-state index < -0.39 is 5.97 Å². The second kappa shape index (κ2) is 6.36. The van der Waals surface area contributed by atoms with Crippen LogP contribution in [0.3, 0.4) is 0 Å². The van der Waals surface area contributed by atoms with Crippen molar-refractivity contribution in [2.45, 2.75) is 0 Å². The van der Waals surface area contributed by atoms with E-state index in [0.29, 0.717) is 21.2 Å². The first-order chi connectivity index (χ1) is 9.16. The fourth-order valence-corrected chi connectivity index (χ4v) is 1.82. The van der Waals surface area contributed by atoms with Gasteiger partial charge in [-0.05, 0) is 24.3 Å². The Labute approximate surface area is 120 Å². The van der Waals surface area contributed by atoms with Crippen LogP contribution in [0.1, 0.15) is 15.9 Å². The topological polar surface area (TPSA) is 38.7 Å². The summed E-state index contributed by atoms with van der Waals surface area (Å²) in [6.07, 6.45) is 1.36. The molecule has 0 radical (unpaired) electrons. The van der Waals surface area contributed by atoms with E-state index in [4.69, 9.17) is 28.0 Å². The Bertz CT molecular complexity index is 612. The van der Waals surface area contributed by atoms with Crippen molar-refractivity contribution in [2.24, 2.45) is 5.16 Å². The van der Waals surface area contributed by atoms with Crippen LogP contribution in [0.4, 0.5) is 0 Å². The van der Waals surface area contributed by atoms with E-state index in [1.165, 1.54) is 6.21 Å². The predicted octanol–water partition coefficient (Wildman–Crippen LogP) is 4.18. The first kappa shape index (κ1) is 13.6. The van der Waals surface area contributed by atoms with Gasteiger partial charge in [-0.1, -0.05) is 52.6 Å². The van der Waals surface area contributed by atoms with Crippen LogP contribution in [-0.4, -0.2) is 12.2 Å². The molecule has 0 aliphatic rings. The molecular formula is C14H9Cl2NO2. The lowest BCUT2D eigenvalue weighted by Gasteiger charge is -1.99. The molecule has 0 saturated carbocycles. The third-order valence-corrected chi connectivity index (χ3v) is 2.86. The van der Waals surface area contributed by atoms with Crippen molar-refractivity contribution in [3.05, 3.63) is 69.7 Å². The van der Waals surface area contributed by atoms with E-state index in [9.17, 15) is 4.79 Å². The highest BCUT2D eigenvalue weighted by molar-refractivity contribution is 6.36. The Hall–Kier alpha value is -1.84. The van der Waals surface area contributed by atoms with E-state index in [-0.39, 0.29) is 0 Å². The van der Waals surface area contributed by atoms with Crippen LogP contribution in [0.2, 0.25) is 10.0 Å². The van der Waals surface area contributed by atoms with Gasteiger partial charge in [-0.25, -0.2) is 4.79 Å². The molecule has 0 aliphatic carbocycles. The molecule has 3 nitrogen and oxygen atoms in total. The van der Waals surface area contributed by atoms with Crippen LogP contribution in [0.25, 0.3) is 0 Å². The number of carbonyl (C=O) groups is 1. The van der Waals surface area contributed by atoms with E-state index in [0.717, 1.165) is 0 Å². The molecule has 0 saturated heterocycles. The quantitative estimate of drug-likeness (QED) is 0.484. The average molecular weight is 294 g/mol. The Kier molecular flexibility index (Phi) is 4.55. The molecule has 0 aromatic heterocycles. The van der Waals surface area contributed by atoms with Crippen molar-refractivity contribution in [1.82, 2.24) is 0 Å². The van der Waals surface area contributed by atoms with Crippen molar-refractivity contribution in [2.75, 3.05) is 0 Å². The predicted molar refractivity (Wildman–Crippen MR) is 75.9 cm³/mol. The van der Waals surface area contributed by atoms with Crippen molar-refractivity contribution >= 4 is 35.4 Å². The standard InChI is InChI=1S/C14H9Cl2NO2/c15-12-7-6-11(13(16)8-12)9-17-19-14(18)10-4-2-1-3-5-10/h1-9H/b17-9-. The lowest BCUT2D eigenvalue weighted by atomic mass is 10.2. The summed E-state index contributed by atoms with van der Waals surface area (Å²) in [4.78, 5) is 16.3. The Morgan fingerprint density at radius 1 is 1.11 bits per heavy atom. The molecule has 0 atom stereocenters. The van der Waals surface area contributed by atoms with Crippen molar-refractivity contribution in [3.63, 3.8) is 0 Å². The fraction of sp³-hybridized carbons (Fsp3) is 0. The molecule has 2 rings (SSSR count). The summed E-state index contributed by atoms with van der Waals surface area (Å²) in [7, 11) is 0. The number of rotatable bonds is 3. The van der Waals surface area contributed by atoms with Gasteiger partial charge in [0.1, 0.15) is 0 Å². The number of oxime groups is 1. The van der Waals surface area contributed by atoms with Crippen LogP contribution in [0.15, 0.2) is 53.7 Å². The van der Waals surface area contributed by atoms with Gasteiger partial charge < -0.3 is 4.84 Å². The van der Waals surface area contributed by atoms with Crippen molar-refractivity contribution < 1.29 is 9.63 Å². The number of hydrogen-bond acceptors (Lipinski definition) is 3. The molecule has 2 aromatic carbocycles. The summed E-state index contributed by atoms with van der Waals surface area (Å²) < 4.78 is 0. The SMILES string of the molecule is O=C(O/N=C\c1ccc(Cl)cc1Cl)c1ccccc1. The first-order valence-corrected chi connectivity index (χ1v) is 6.17. The highest BCUT2D eigenvalue weighted by Crippen LogP contribution is 2.19. The summed E-state index contributed by atoms with van der Waals surface area (Å²) >= 11 is 11.7. The lowest BCUT2D eigenvalue weighted by molar-refractivity contribution is 0.0519. The summed E-state index contributed by atoms with van der Waals surface area (Å²) in [5.41, 5.74) is 1.05. The largest absolute Gasteiger partial charge is 0.365 e. The van der Waals surface area contributed by atoms with Crippen LogP contribution in [0, 0.1) is 0 Å². The van der Waals surface area contributed by atoms with Gasteiger partial charge in [-0.3, -0.25) is 0 Å². The Balaban J connectivity index is 2.02. The maximum atomic E-state index is 11.6. The molecule has 19 heavy (non-hydrogen) atoms. The van der Waals surface area contributed by atoms with Crippen LogP contribution < -0.4 is 0 Å². The number of carbonyl (C=O) groups excluding carboxylic acids is 1. The minimum absolute atomic E-state index is 0.432. The van der Waals surface area contributed by atoms with Gasteiger partial charge in [0.2, 0.25) is 0 Å². The molecule has 0 unspecified atom stereocenters. The monoisotopic (exact) mass is 293 g/mol. The third kappa shape index (κ3) is 3.81. The molecule has 0 heterocycles. The van der Waals surface area contributed by atoms with Crippen LogP contribution in [-0.2, 0) is 4.84 Å². The number of benzene rings is 2. The number of halogens is 2. The minimum atomic E-state index is -0.526. The molecule has 0 amide bonds. The van der Waals surface area contributed by atoms with Gasteiger partial charge >= 0.3 is 5.97 Å². The second-order valence-electron chi connectivity index (χ2n) is 3.65. The normalized spacial score (nSPS) is 10.6. The number of nitrogens with zero attached hydrogens (tertiary/aromatic N) is 1. The van der Waals surface area contributed by atoms with Crippen LogP contribution >= 0.6 is 23.2 Å². The van der Waals surface area contributed by atoms with Crippen LogP contribution in [0.5, 0.6) is 0 Å². The van der Waals surface area contributed by atoms with E-state index >= 15 is 0 Å². The van der Waals surface area contributed by atoms with Gasteiger partial charge in [-0.2, -0.15) is 0 Å². The number of hydrogen-bond donors (Lipinski definition) is 0. The fourth-order valence-electron chi connectivity index (χ4n) is 1.36. The van der Waals surface area contributed by atoms with Crippen molar-refractivity contribution in [1.29, 1.82) is 0 Å². The maximum absolute atomic E-state index is 11.6. The zero-order valence-corrected chi connectivity index (χ0v) is 11.2. The molecule has 5 heteroatoms. The lowest BCUT2D eigenvalue weighted by Crippen LogP contribution is -2.00. The molecular weight excluding hydrogens is 285 g/mol. The molecule has 0 spiro atoms. The summed E-state index contributed by atoms with van der Waals surface area (Å²) in [6, 6.07) is 13.5. The molecule has 0 bridgehead atoms. The van der Waals surface area contributed by atoms with E-state index in [1.54, 1.807) is 42.5 Å². The summed E-state index contributed by atoms with van der Waals surface area (Å²) in [5, 5.41) is 4.57. The molecule has 0 aliphatic heterocycles. The average Bonchev–Trinajstić information content (AvgIpc) is 2.42. The first-order valence-electron chi connectivity index (χ1n) is 5.41. The van der Waals surface area contributed by atoms with Gasteiger partial charge in [0.15, 0.2) is 0 Å². The Morgan fingerprint density at radius 2 is 1.84 bits per heavy atom. The maximum Gasteiger partial charge on any atom is 0.365 e. The van der Waals surface area contributed by atoms with Gasteiger partial charge in [0.25, 0.3) is 0 Å². The summed E-state index contributed by atoms with van der Waals surface area (Å²) in [6.45, 7) is 0. The molecule has 96 valence electrons. The highest BCUT2D eigenvalue weighted by atomic mass is 35.5. The minimum Gasteiger partial charge on any atom is -0.313 e. The smallest absolute Gasteiger partial charge is 0.313 e. The third-order valence-electron chi connectivity index (χ3n) is 2.30. The highest BCUT2D eigenvalue weighted by Gasteiger charge is 2.05. The Morgan fingerprint density at radius 3 is 2.53 bits per heavy atom. The van der Waals surface area contributed by atoms with E-state index in [2.05, 4.69) is 5.16 Å². The van der Waals surface area contributed by atoms with Gasteiger partial charge in [-0.15, -0.1) is 0 Å². The molecule has 0 N–H and O–H groups in total. The molecule has 2 aromatic rings. The zero-order chi connectivity index (χ0) is 13.7. The second-order valence-corrected chi connectivity index (χ2v) is 4.49. The zero-order valence-electron chi connectivity index (χ0n) is 9.72. The van der Waals surface area contributed by atoms with Gasteiger partial charge in [0.05, 0.1) is 16.8 Å². The van der Waals surface area contributed by atoms with Crippen molar-refractivity contribution in [3.8, 4) is 0 Å². The van der Waals surface area contributed by atoms with E-state index in [1.807, 2.05) is 6.07 Å².